The van der Waals surface area contributed by atoms with Gasteiger partial charge in [-0.05, 0) is 38.3 Å². The smallest absolute Gasteiger partial charge is 0.295 e. The van der Waals surface area contributed by atoms with Crippen LogP contribution >= 0.6 is 0 Å². The van der Waals surface area contributed by atoms with Crippen LogP contribution in [0, 0.1) is 0 Å². The van der Waals surface area contributed by atoms with Crippen molar-refractivity contribution >= 4 is 22.4 Å². The van der Waals surface area contributed by atoms with Gasteiger partial charge in [0.1, 0.15) is 12.4 Å². The highest BCUT2D eigenvalue weighted by atomic mass is 19.3. The average molecular weight is 439 g/mol. The molecule has 4 aromatic rings. The molecule has 0 unspecified atom stereocenters. The summed E-state index contributed by atoms with van der Waals surface area (Å²) < 4.78 is 31.3. The molecule has 1 atom stereocenters. The van der Waals surface area contributed by atoms with E-state index >= 15 is 0 Å². The van der Waals surface area contributed by atoms with E-state index in [4.69, 9.17) is 5.11 Å². The van der Waals surface area contributed by atoms with Crippen molar-refractivity contribution in [2.45, 2.75) is 44.2 Å². The molecule has 0 aliphatic heterocycles. The van der Waals surface area contributed by atoms with Crippen molar-refractivity contribution < 1.29 is 13.9 Å². The molecular formula is C23H23F2N5O2. The van der Waals surface area contributed by atoms with Crippen LogP contribution < -0.4 is 10.9 Å². The number of anilines is 1. The zero-order valence-electron chi connectivity index (χ0n) is 17.7. The number of rotatable bonds is 6. The van der Waals surface area contributed by atoms with E-state index in [0.29, 0.717) is 22.5 Å². The number of aliphatic hydroxyl groups excluding tert-OH is 1. The number of alkyl halides is 2. The van der Waals surface area contributed by atoms with Gasteiger partial charge in [0.05, 0.1) is 17.1 Å². The summed E-state index contributed by atoms with van der Waals surface area (Å²) in [5.74, 6) is -2.77. The van der Waals surface area contributed by atoms with Crippen molar-refractivity contribution in [3.05, 3.63) is 70.3 Å². The number of aliphatic hydroxyl groups is 1. The molecule has 3 aromatic heterocycles. The Morgan fingerprint density at radius 2 is 2.06 bits per heavy atom. The third kappa shape index (κ3) is 3.33. The van der Waals surface area contributed by atoms with Crippen molar-refractivity contribution in [3.63, 3.8) is 0 Å². The van der Waals surface area contributed by atoms with Gasteiger partial charge in [0.15, 0.2) is 5.65 Å². The predicted molar refractivity (Wildman–Crippen MR) is 117 cm³/mol. The Balaban J connectivity index is 1.60. The Morgan fingerprint density at radius 1 is 1.28 bits per heavy atom. The molecule has 0 amide bonds. The van der Waals surface area contributed by atoms with E-state index in [-0.39, 0.29) is 22.7 Å². The quantitative estimate of drug-likeness (QED) is 0.477. The first-order chi connectivity index (χ1) is 15.2. The number of hydrogen-bond donors (Lipinski definition) is 2. The van der Waals surface area contributed by atoms with E-state index in [9.17, 15) is 13.6 Å². The van der Waals surface area contributed by atoms with Gasteiger partial charge in [0.25, 0.3) is 11.5 Å². The summed E-state index contributed by atoms with van der Waals surface area (Å²) in [6.07, 6.45) is 5.29. The lowest BCUT2D eigenvalue weighted by Crippen LogP contribution is -2.27. The molecule has 2 N–H and O–H groups in total. The third-order valence-corrected chi connectivity index (χ3v) is 6.28. The molecule has 1 saturated carbocycles. The van der Waals surface area contributed by atoms with E-state index in [2.05, 4.69) is 15.4 Å². The summed E-state index contributed by atoms with van der Waals surface area (Å²) in [6, 6.07) is 8.92. The summed E-state index contributed by atoms with van der Waals surface area (Å²) in [6.45, 7) is 2.64. The summed E-state index contributed by atoms with van der Waals surface area (Å²) in [5, 5.41) is 17.4. The maximum atomic E-state index is 14.0. The van der Waals surface area contributed by atoms with Crippen LogP contribution in [0.4, 0.5) is 14.6 Å². The molecule has 0 radical (unpaired) electrons. The van der Waals surface area contributed by atoms with E-state index in [1.165, 1.54) is 12.1 Å². The number of pyridine rings is 1. The second-order valence-corrected chi connectivity index (χ2v) is 8.69. The first-order valence-electron chi connectivity index (χ1n) is 10.5. The summed E-state index contributed by atoms with van der Waals surface area (Å²) in [5.41, 5.74) is 1.28. The lowest BCUT2D eigenvalue weighted by molar-refractivity contribution is -0.0556. The van der Waals surface area contributed by atoms with Crippen LogP contribution in [0.15, 0.2) is 53.6 Å². The Hall–Kier alpha value is -3.33. The Bertz CT molecular complexity index is 1390. The molecule has 7 nitrogen and oxygen atoms in total. The highest BCUT2D eigenvalue weighted by molar-refractivity contribution is 5.90. The van der Waals surface area contributed by atoms with E-state index in [1.807, 2.05) is 20.0 Å². The number of nitrogens with zero attached hydrogens (tertiary/aromatic N) is 4. The van der Waals surface area contributed by atoms with Gasteiger partial charge >= 0.3 is 0 Å². The zero-order chi connectivity index (χ0) is 22.7. The summed E-state index contributed by atoms with van der Waals surface area (Å²) in [7, 11) is 0. The van der Waals surface area contributed by atoms with E-state index in [1.54, 1.807) is 39.5 Å². The lowest BCUT2D eigenvalue weighted by atomic mass is 10.0. The molecule has 9 heteroatoms. The maximum absolute atomic E-state index is 14.0. The molecule has 5 rings (SSSR count). The molecule has 1 aliphatic carbocycles. The zero-order valence-corrected chi connectivity index (χ0v) is 17.7. The van der Waals surface area contributed by atoms with Gasteiger partial charge in [-0.1, -0.05) is 18.2 Å². The van der Waals surface area contributed by atoms with Crippen LogP contribution in [-0.2, 0) is 11.5 Å². The van der Waals surface area contributed by atoms with Crippen molar-refractivity contribution in [2.24, 2.45) is 0 Å². The number of aromatic nitrogens is 4. The molecule has 3 heterocycles. The fourth-order valence-electron chi connectivity index (χ4n) is 3.99. The monoisotopic (exact) mass is 439 g/mol. The summed E-state index contributed by atoms with van der Waals surface area (Å²) >= 11 is 0. The standard InChI is InChI=1S/C23H23F2N5O2/c1-14(15-4-3-5-16(10-15)23(24,25)13-31)27-21-17-12-29(22(2)7-8-22)20(32)11-18(17)30-19(28-21)6-9-26-30/h3-6,9-12,14,31H,7-8,13H2,1-2H3,(H,27,28)/t14-/m1/s1. The normalized spacial score (nSPS) is 16.4. The lowest BCUT2D eigenvalue weighted by Gasteiger charge is -2.20. The molecule has 1 fully saturated rings. The molecule has 1 aromatic carbocycles. The van der Waals surface area contributed by atoms with Crippen LogP contribution in [0.1, 0.15) is 43.9 Å². The van der Waals surface area contributed by atoms with Gasteiger partial charge in [-0.3, -0.25) is 4.79 Å². The van der Waals surface area contributed by atoms with Gasteiger partial charge in [0, 0.05) is 35.5 Å². The molecule has 0 spiro atoms. The van der Waals surface area contributed by atoms with Crippen molar-refractivity contribution in [2.75, 3.05) is 11.9 Å². The third-order valence-electron chi connectivity index (χ3n) is 6.28. The topological polar surface area (TPSA) is 84.5 Å². The Morgan fingerprint density at radius 3 is 2.78 bits per heavy atom. The number of benzene rings is 1. The Kier molecular flexibility index (Phi) is 4.56. The summed E-state index contributed by atoms with van der Waals surface area (Å²) in [4.78, 5) is 17.5. The van der Waals surface area contributed by atoms with Gasteiger partial charge in [-0.25, -0.2) is 9.50 Å². The molecule has 32 heavy (non-hydrogen) atoms. The van der Waals surface area contributed by atoms with Crippen LogP contribution in [0.25, 0.3) is 16.6 Å². The molecule has 0 saturated heterocycles. The van der Waals surface area contributed by atoms with Crippen LogP contribution in [0.3, 0.4) is 0 Å². The Labute approximate surface area is 182 Å². The minimum Gasteiger partial charge on any atom is -0.390 e. The second-order valence-electron chi connectivity index (χ2n) is 8.69. The minimum absolute atomic E-state index is 0.0987. The minimum atomic E-state index is -3.31. The van der Waals surface area contributed by atoms with Gasteiger partial charge < -0.3 is 15.0 Å². The number of fused-ring (bicyclic) bond motifs is 3. The number of hydrogen-bond acceptors (Lipinski definition) is 5. The molecule has 0 bridgehead atoms. The molecule has 166 valence electrons. The fraction of sp³-hybridized carbons (Fsp3) is 0.348. The van der Waals surface area contributed by atoms with Crippen molar-refractivity contribution in [3.8, 4) is 0 Å². The first-order valence-corrected chi connectivity index (χ1v) is 10.5. The molecular weight excluding hydrogens is 416 g/mol. The first kappa shape index (κ1) is 20.6. The SMILES string of the molecule is C[C@@H](Nc1nc2ccnn2c2cc(=O)n(C3(C)CC3)cc12)c1cccc(C(F)(F)CO)c1. The predicted octanol–water partition coefficient (Wildman–Crippen LogP) is 3.81. The maximum Gasteiger partial charge on any atom is 0.295 e. The largest absolute Gasteiger partial charge is 0.390 e. The fourth-order valence-corrected chi connectivity index (χ4v) is 3.99. The highest BCUT2D eigenvalue weighted by Crippen LogP contribution is 2.42. The van der Waals surface area contributed by atoms with Gasteiger partial charge in [-0.2, -0.15) is 13.9 Å². The van der Waals surface area contributed by atoms with E-state index in [0.717, 1.165) is 18.2 Å². The average Bonchev–Trinajstić information content (AvgIpc) is 3.34. The second kappa shape index (κ2) is 7.09. The van der Waals surface area contributed by atoms with Crippen LogP contribution in [0.2, 0.25) is 0 Å². The van der Waals surface area contributed by atoms with Gasteiger partial charge in [-0.15, -0.1) is 0 Å². The van der Waals surface area contributed by atoms with Gasteiger partial charge in [0.2, 0.25) is 0 Å². The van der Waals surface area contributed by atoms with Crippen molar-refractivity contribution in [1.29, 1.82) is 0 Å². The van der Waals surface area contributed by atoms with Crippen LogP contribution in [-0.4, -0.2) is 30.9 Å². The van der Waals surface area contributed by atoms with Crippen LogP contribution in [0.5, 0.6) is 0 Å². The number of nitrogens with one attached hydrogen (secondary N) is 1. The molecule has 1 aliphatic rings. The highest BCUT2D eigenvalue weighted by Gasteiger charge is 2.40. The van der Waals surface area contributed by atoms with Crippen molar-refractivity contribution in [1.82, 2.24) is 19.2 Å². The van der Waals surface area contributed by atoms with E-state index < -0.39 is 12.5 Å². The number of halogens is 2.